The Morgan fingerprint density at radius 1 is 0.795 bits per heavy atom. The number of nitrogens with zero attached hydrogens (tertiary/aromatic N) is 4. The molecule has 1 aliphatic rings. The number of carbonyl (C=O) groups excluding carboxylic acids is 1. The molecule has 12 heteroatoms. The van der Waals surface area contributed by atoms with Crippen molar-refractivity contribution in [1.82, 2.24) is 18.6 Å². The number of piperazine rings is 1. The topological polar surface area (TPSA) is 121 Å². The molecule has 4 aromatic rings. The maximum absolute atomic E-state index is 13.6. The van der Waals surface area contributed by atoms with E-state index in [0.717, 1.165) is 31.2 Å². The Morgan fingerprint density at radius 3 is 2.02 bits per heavy atom. The molecular weight excluding hydrogens is 599 g/mol. The van der Waals surface area contributed by atoms with Crippen LogP contribution in [0, 0.1) is 27.7 Å². The summed E-state index contributed by atoms with van der Waals surface area (Å²) in [4.78, 5) is 13.7. The molecule has 1 aromatic heterocycles. The Morgan fingerprint density at radius 2 is 1.41 bits per heavy atom. The number of sulfonamides is 2. The lowest BCUT2D eigenvalue weighted by molar-refractivity contribution is -0.125. The lowest BCUT2D eigenvalue weighted by Gasteiger charge is -2.38. The molecule has 10 nitrogen and oxygen atoms in total. The number of aryl methyl sites for hydroxylation is 3. The number of rotatable bonds is 8. The second-order valence-electron chi connectivity index (χ2n) is 10.8. The smallest absolute Gasteiger partial charge is 0.259 e. The minimum Gasteiger partial charge on any atom is -0.318 e. The first kappa shape index (κ1) is 31.3. The van der Waals surface area contributed by atoms with Gasteiger partial charge in [-0.15, -0.1) is 0 Å². The van der Waals surface area contributed by atoms with Crippen molar-refractivity contribution in [2.45, 2.75) is 43.5 Å². The molecule has 1 aliphatic heterocycles. The van der Waals surface area contributed by atoms with E-state index in [-0.39, 0.29) is 29.4 Å². The summed E-state index contributed by atoms with van der Waals surface area (Å²) in [5.41, 5.74) is 8.51. The van der Waals surface area contributed by atoms with Crippen molar-refractivity contribution in [3.63, 3.8) is 0 Å². The van der Waals surface area contributed by atoms with E-state index in [0.29, 0.717) is 0 Å². The molecule has 3 aromatic carbocycles. The van der Waals surface area contributed by atoms with Crippen LogP contribution in [0.2, 0.25) is 0 Å². The van der Waals surface area contributed by atoms with Crippen LogP contribution in [0.3, 0.4) is 0 Å². The van der Waals surface area contributed by atoms with E-state index in [4.69, 9.17) is 0 Å². The average Bonchev–Trinajstić information content (AvgIpc) is 3.31. The lowest BCUT2D eigenvalue weighted by atomic mass is 10.1. The largest absolute Gasteiger partial charge is 0.318 e. The first-order valence-electron chi connectivity index (χ1n) is 14.1. The van der Waals surface area contributed by atoms with Crippen LogP contribution in [-0.4, -0.2) is 67.8 Å². The van der Waals surface area contributed by atoms with E-state index in [2.05, 4.69) is 41.1 Å². The molecule has 1 atom stereocenters. The molecule has 1 saturated heterocycles. The zero-order chi connectivity index (χ0) is 31.6. The van der Waals surface area contributed by atoms with Crippen molar-refractivity contribution in [3.05, 3.63) is 113 Å². The van der Waals surface area contributed by atoms with Gasteiger partial charge in [-0.05, 0) is 81.3 Å². The minimum absolute atomic E-state index is 0.0134. The van der Waals surface area contributed by atoms with Gasteiger partial charge >= 0.3 is 0 Å². The zero-order valence-electron chi connectivity index (χ0n) is 25.0. The number of aromatic nitrogens is 1. The summed E-state index contributed by atoms with van der Waals surface area (Å²) in [6, 6.07) is 22.4. The van der Waals surface area contributed by atoms with Gasteiger partial charge in [0.1, 0.15) is 6.04 Å². The molecule has 0 radical (unpaired) electrons. The highest BCUT2D eigenvalue weighted by molar-refractivity contribution is 7.89. The first-order valence-corrected chi connectivity index (χ1v) is 17.0. The van der Waals surface area contributed by atoms with Crippen LogP contribution in [-0.2, 0) is 24.8 Å². The monoisotopic (exact) mass is 633 g/mol. The van der Waals surface area contributed by atoms with Gasteiger partial charge in [0.15, 0.2) is 0 Å². The molecule has 0 aliphatic carbocycles. The number of hydrogen-bond donors (Lipinski definition) is 1. The fourth-order valence-electron chi connectivity index (χ4n) is 5.35. The molecule has 5 rings (SSSR count). The summed E-state index contributed by atoms with van der Waals surface area (Å²) >= 11 is 0. The van der Waals surface area contributed by atoms with E-state index in [9.17, 15) is 21.6 Å². The standard InChI is InChI=1S/C32H35N5O5S2/c1-23-15-16-28(19-24(23)2)37-25(3)20-27(26(37)4)21-33-34-32(38)31-22-35(43(39,40)29-11-7-5-8-12-29)17-18-36(31)44(41,42)30-13-9-6-10-14-30/h5-16,19-21,31H,17-18,22H2,1-4H3,(H,34,38)/b33-21-/t31-/m0/s1. The van der Waals surface area contributed by atoms with Crippen molar-refractivity contribution in [2.75, 3.05) is 19.6 Å². The molecule has 1 amide bonds. The molecule has 44 heavy (non-hydrogen) atoms. The van der Waals surface area contributed by atoms with Crippen LogP contribution in [0.4, 0.5) is 0 Å². The summed E-state index contributed by atoms with van der Waals surface area (Å²) in [5, 5.41) is 4.16. The number of carbonyl (C=O) groups is 1. The second-order valence-corrected chi connectivity index (χ2v) is 14.6. The van der Waals surface area contributed by atoms with Crippen LogP contribution in [0.15, 0.2) is 99.8 Å². The van der Waals surface area contributed by atoms with Crippen molar-refractivity contribution in [2.24, 2.45) is 5.10 Å². The molecule has 1 fully saturated rings. The van der Waals surface area contributed by atoms with Crippen LogP contribution in [0.25, 0.3) is 5.69 Å². The predicted molar refractivity (Wildman–Crippen MR) is 170 cm³/mol. The molecule has 0 spiro atoms. The Labute approximate surface area is 258 Å². The van der Waals surface area contributed by atoms with Gasteiger partial charge in [-0.2, -0.15) is 13.7 Å². The number of nitrogens with one attached hydrogen (secondary N) is 1. The van der Waals surface area contributed by atoms with E-state index >= 15 is 0 Å². The van der Waals surface area contributed by atoms with Crippen LogP contribution >= 0.6 is 0 Å². The quantitative estimate of drug-likeness (QED) is 0.233. The van der Waals surface area contributed by atoms with Crippen LogP contribution in [0.5, 0.6) is 0 Å². The third-order valence-corrected chi connectivity index (χ3v) is 11.7. The number of hydrogen-bond acceptors (Lipinski definition) is 6. The van der Waals surface area contributed by atoms with Crippen molar-refractivity contribution >= 4 is 32.2 Å². The molecule has 0 saturated carbocycles. The van der Waals surface area contributed by atoms with Gasteiger partial charge in [0.05, 0.1) is 16.0 Å². The fraction of sp³-hybridized carbons (Fsp3) is 0.250. The number of hydrazone groups is 1. The molecule has 0 bridgehead atoms. The molecule has 1 N–H and O–H groups in total. The second kappa shape index (κ2) is 12.5. The van der Waals surface area contributed by atoms with Gasteiger partial charge in [0.25, 0.3) is 5.91 Å². The van der Waals surface area contributed by atoms with E-state index in [1.165, 1.54) is 41.6 Å². The summed E-state index contributed by atoms with van der Waals surface area (Å²) in [5.74, 6) is -0.739. The van der Waals surface area contributed by atoms with Crippen molar-refractivity contribution in [1.29, 1.82) is 0 Å². The van der Waals surface area contributed by atoms with Gasteiger partial charge in [0.2, 0.25) is 20.0 Å². The Bertz CT molecular complexity index is 1920. The predicted octanol–water partition coefficient (Wildman–Crippen LogP) is 3.93. The Hall–Kier alpha value is -4.10. The highest BCUT2D eigenvalue weighted by Gasteiger charge is 2.43. The highest BCUT2D eigenvalue weighted by atomic mass is 32.2. The van der Waals surface area contributed by atoms with Gasteiger partial charge < -0.3 is 4.57 Å². The third kappa shape index (κ3) is 6.11. The Kier molecular flexibility index (Phi) is 8.89. The maximum atomic E-state index is 13.6. The highest BCUT2D eigenvalue weighted by Crippen LogP contribution is 2.26. The maximum Gasteiger partial charge on any atom is 0.259 e. The molecule has 0 unspecified atom stereocenters. The van der Waals surface area contributed by atoms with Crippen LogP contribution in [0.1, 0.15) is 28.1 Å². The zero-order valence-corrected chi connectivity index (χ0v) is 26.6. The number of amides is 1. The fourth-order valence-corrected chi connectivity index (χ4v) is 8.40. The summed E-state index contributed by atoms with van der Waals surface area (Å²) < 4.78 is 58.3. The summed E-state index contributed by atoms with van der Waals surface area (Å²) in [6.45, 7) is 7.37. The van der Waals surface area contributed by atoms with Gasteiger partial charge in [0, 0.05) is 42.3 Å². The third-order valence-electron chi connectivity index (χ3n) is 7.92. The van der Waals surface area contributed by atoms with Gasteiger partial charge in [-0.1, -0.05) is 42.5 Å². The first-order chi connectivity index (χ1) is 20.9. The molecular formula is C32H35N5O5S2. The minimum atomic E-state index is -4.12. The SMILES string of the molecule is Cc1ccc(-n2c(C)cc(/C=N\NC(=O)[C@@H]3CN(S(=O)(=O)c4ccccc4)CCN3S(=O)(=O)c3ccccc3)c2C)cc1C. The summed E-state index contributed by atoms with van der Waals surface area (Å²) in [7, 11) is -8.09. The van der Waals surface area contributed by atoms with E-state index in [1.807, 2.05) is 26.0 Å². The number of benzene rings is 3. The lowest BCUT2D eigenvalue weighted by Crippen LogP contribution is -2.60. The van der Waals surface area contributed by atoms with Gasteiger partial charge in [-0.3, -0.25) is 4.79 Å². The average molecular weight is 634 g/mol. The van der Waals surface area contributed by atoms with Crippen molar-refractivity contribution < 1.29 is 21.6 Å². The van der Waals surface area contributed by atoms with Gasteiger partial charge in [-0.25, -0.2) is 22.3 Å². The molecule has 230 valence electrons. The van der Waals surface area contributed by atoms with E-state index in [1.54, 1.807) is 36.4 Å². The Balaban J connectivity index is 1.42. The summed E-state index contributed by atoms with van der Waals surface area (Å²) in [6.07, 6.45) is 1.51. The van der Waals surface area contributed by atoms with E-state index < -0.39 is 32.0 Å². The van der Waals surface area contributed by atoms with Crippen molar-refractivity contribution in [3.8, 4) is 5.69 Å². The normalized spacial score (nSPS) is 16.8. The molecule has 2 heterocycles. The van der Waals surface area contributed by atoms with Crippen LogP contribution < -0.4 is 5.43 Å².